The van der Waals surface area contributed by atoms with Gasteiger partial charge in [-0.1, -0.05) is 0 Å². The fourth-order valence-electron chi connectivity index (χ4n) is 1.11. The highest BCUT2D eigenvalue weighted by molar-refractivity contribution is 5.91. The lowest BCUT2D eigenvalue weighted by molar-refractivity contribution is 0.0589. The summed E-state index contributed by atoms with van der Waals surface area (Å²) in [5, 5.41) is 8.52. The number of methoxy groups -OCH3 is 1. The summed E-state index contributed by atoms with van der Waals surface area (Å²) < 4.78 is 29.4. The Morgan fingerprint density at radius 2 is 2.20 bits per heavy atom. The average molecular weight is 211 g/mol. The van der Waals surface area contributed by atoms with Gasteiger partial charge < -0.3 is 4.74 Å². The number of alkyl halides is 2. The highest BCUT2D eigenvalue weighted by atomic mass is 19.3. The molecule has 0 aliphatic rings. The first kappa shape index (κ1) is 11.1. The second-order valence-electron chi connectivity index (χ2n) is 2.71. The molecule has 1 rings (SSSR count). The van der Waals surface area contributed by atoms with Crippen LogP contribution in [0.3, 0.4) is 0 Å². The Labute approximate surface area is 84.9 Å². The molecule has 0 spiro atoms. The van der Waals surface area contributed by atoms with Gasteiger partial charge in [-0.2, -0.15) is 5.26 Å². The van der Waals surface area contributed by atoms with Gasteiger partial charge in [0.1, 0.15) is 0 Å². The molecule has 3 nitrogen and oxygen atoms in total. The van der Waals surface area contributed by atoms with E-state index in [1.807, 2.05) is 0 Å². The van der Waals surface area contributed by atoms with Crippen LogP contribution in [-0.4, -0.2) is 13.1 Å². The maximum absolute atomic E-state index is 12.5. The highest BCUT2D eigenvalue weighted by Crippen LogP contribution is 2.24. The van der Waals surface area contributed by atoms with Gasteiger partial charge in [-0.15, -0.1) is 0 Å². The number of nitrogens with zero attached hydrogens (tertiary/aromatic N) is 1. The van der Waals surface area contributed by atoms with Crippen LogP contribution in [0.2, 0.25) is 0 Å². The molecule has 0 amide bonds. The minimum atomic E-state index is -2.81. The lowest BCUT2D eigenvalue weighted by Crippen LogP contribution is -2.06. The zero-order chi connectivity index (χ0) is 11.4. The van der Waals surface area contributed by atoms with E-state index in [1.54, 1.807) is 6.07 Å². The van der Waals surface area contributed by atoms with Crippen LogP contribution >= 0.6 is 0 Å². The average Bonchev–Trinajstić information content (AvgIpc) is 2.27. The summed E-state index contributed by atoms with van der Waals surface area (Å²) in [6.45, 7) is 0. The van der Waals surface area contributed by atoms with Crippen molar-refractivity contribution in [2.24, 2.45) is 0 Å². The fraction of sp³-hybridized carbons (Fsp3) is 0.200. The van der Waals surface area contributed by atoms with Crippen molar-refractivity contribution in [2.75, 3.05) is 7.11 Å². The fourth-order valence-corrected chi connectivity index (χ4v) is 1.11. The summed E-state index contributed by atoms with van der Waals surface area (Å²) >= 11 is 0. The van der Waals surface area contributed by atoms with E-state index in [9.17, 15) is 13.6 Å². The number of carbonyl (C=O) groups excluding carboxylic acids is 1. The zero-order valence-electron chi connectivity index (χ0n) is 7.83. The third-order valence-corrected chi connectivity index (χ3v) is 1.82. The Bertz CT molecular complexity index is 424. The lowest BCUT2D eigenvalue weighted by Gasteiger charge is -2.06. The Kier molecular flexibility index (Phi) is 3.34. The largest absolute Gasteiger partial charge is 0.465 e. The van der Waals surface area contributed by atoms with E-state index in [0.717, 1.165) is 19.2 Å². The molecule has 0 N–H and O–H groups in total. The second kappa shape index (κ2) is 4.51. The Morgan fingerprint density at radius 3 is 2.67 bits per heavy atom. The summed E-state index contributed by atoms with van der Waals surface area (Å²) in [6.07, 6.45) is -2.81. The van der Waals surface area contributed by atoms with Crippen molar-refractivity contribution in [3.05, 3.63) is 34.9 Å². The molecule has 0 aliphatic heterocycles. The van der Waals surface area contributed by atoms with Gasteiger partial charge in [0.15, 0.2) is 0 Å². The molecule has 0 atom stereocenters. The second-order valence-corrected chi connectivity index (χ2v) is 2.71. The van der Waals surface area contributed by atoms with Crippen LogP contribution in [0.1, 0.15) is 27.9 Å². The van der Waals surface area contributed by atoms with Gasteiger partial charge in [0.2, 0.25) is 0 Å². The topological polar surface area (TPSA) is 50.1 Å². The van der Waals surface area contributed by atoms with E-state index in [2.05, 4.69) is 4.74 Å². The minimum absolute atomic E-state index is 0.0814. The minimum Gasteiger partial charge on any atom is -0.465 e. The first-order chi connectivity index (χ1) is 7.10. The Hall–Kier alpha value is -1.96. The van der Waals surface area contributed by atoms with Crippen molar-refractivity contribution in [3.8, 4) is 6.07 Å². The van der Waals surface area contributed by atoms with Crippen molar-refractivity contribution < 1.29 is 18.3 Å². The van der Waals surface area contributed by atoms with Crippen molar-refractivity contribution in [1.29, 1.82) is 5.26 Å². The smallest absolute Gasteiger partial charge is 0.338 e. The van der Waals surface area contributed by atoms with Crippen LogP contribution < -0.4 is 0 Å². The van der Waals surface area contributed by atoms with Crippen LogP contribution in [-0.2, 0) is 4.74 Å². The predicted octanol–water partition coefficient (Wildman–Crippen LogP) is 2.28. The predicted molar refractivity (Wildman–Crippen MR) is 47.5 cm³/mol. The zero-order valence-corrected chi connectivity index (χ0v) is 7.83. The number of benzene rings is 1. The van der Waals surface area contributed by atoms with E-state index in [-0.39, 0.29) is 11.1 Å². The molecular weight excluding hydrogens is 204 g/mol. The molecule has 1 aromatic rings. The number of halogens is 2. The van der Waals surface area contributed by atoms with Crippen molar-refractivity contribution in [3.63, 3.8) is 0 Å². The summed E-state index contributed by atoms with van der Waals surface area (Å²) in [5.74, 6) is -0.838. The van der Waals surface area contributed by atoms with Gasteiger partial charge in [-0.3, -0.25) is 0 Å². The van der Waals surface area contributed by atoms with Gasteiger partial charge in [0.25, 0.3) is 6.43 Å². The van der Waals surface area contributed by atoms with Crippen LogP contribution in [0.5, 0.6) is 0 Å². The number of esters is 1. The Morgan fingerprint density at radius 1 is 1.53 bits per heavy atom. The standard InChI is InChI=1S/C10H7F2NO2/c1-15-10(14)7-3-2-6(5-13)4-8(7)9(11)12/h2-4,9H,1H3. The van der Waals surface area contributed by atoms with Crippen LogP contribution in [0.25, 0.3) is 0 Å². The normalized spacial score (nSPS) is 9.80. The Balaban J connectivity index is 3.28. The number of carbonyl (C=O) groups is 1. The number of ether oxygens (including phenoxy) is 1. The summed E-state index contributed by atoms with van der Waals surface area (Å²) in [5.41, 5.74) is -0.620. The summed E-state index contributed by atoms with van der Waals surface area (Å²) in [4.78, 5) is 11.1. The number of hydrogen-bond acceptors (Lipinski definition) is 3. The lowest BCUT2D eigenvalue weighted by atomic mass is 10.0. The van der Waals surface area contributed by atoms with E-state index < -0.39 is 18.0 Å². The molecule has 0 saturated carbocycles. The molecule has 0 aromatic heterocycles. The third-order valence-electron chi connectivity index (χ3n) is 1.82. The van der Waals surface area contributed by atoms with Crippen molar-refractivity contribution in [1.82, 2.24) is 0 Å². The number of hydrogen-bond donors (Lipinski definition) is 0. The molecule has 1 aromatic carbocycles. The molecule has 0 heterocycles. The molecular formula is C10H7F2NO2. The van der Waals surface area contributed by atoms with Gasteiger partial charge >= 0.3 is 5.97 Å². The number of nitriles is 1. The highest BCUT2D eigenvalue weighted by Gasteiger charge is 2.19. The van der Waals surface area contributed by atoms with E-state index in [0.29, 0.717) is 0 Å². The monoisotopic (exact) mass is 211 g/mol. The summed E-state index contributed by atoms with van der Waals surface area (Å²) in [7, 11) is 1.11. The maximum atomic E-state index is 12.5. The molecule has 0 bridgehead atoms. The van der Waals surface area contributed by atoms with Gasteiger partial charge in [-0.25, -0.2) is 13.6 Å². The molecule has 0 saturated heterocycles. The van der Waals surface area contributed by atoms with Gasteiger partial charge in [-0.05, 0) is 18.2 Å². The SMILES string of the molecule is COC(=O)c1ccc(C#N)cc1C(F)F. The van der Waals surface area contributed by atoms with Gasteiger partial charge in [0.05, 0.1) is 24.3 Å². The third kappa shape index (κ3) is 2.29. The molecule has 78 valence electrons. The molecule has 0 unspecified atom stereocenters. The summed E-state index contributed by atoms with van der Waals surface area (Å²) in [6, 6.07) is 5.15. The van der Waals surface area contributed by atoms with Crippen LogP contribution in [0, 0.1) is 11.3 Å². The van der Waals surface area contributed by atoms with Crippen LogP contribution in [0.15, 0.2) is 18.2 Å². The maximum Gasteiger partial charge on any atom is 0.338 e. The van der Waals surface area contributed by atoms with E-state index in [4.69, 9.17) is 5.26 Å². The first-order valence-corrected chi connectivity index (χ1v) is 4.00. The van der Waals surface area contributed by atoms with Crippen molar-refractivity contribution in [2.45, 2.75) is 6.43 Å². The first-order valence-electron chi connectivity index (χ1n) is 4.00. The van der Waals surface area contributed by atoms with Crippen molar-refractivity contribution >= 4 is 5.97 Å². The van der Waals surface area contributed by atoms with E-state index in [1.165, 1.54) is 6.07 Å². The van der Waals surface area contributed by atoms with E-state index >= 15 is 0 Å². The molecule has 5 heteroatoms. The van der Waals surface area contributed by atoms with Gasteiger partial charge in [0, 0.05) is 5.56 Å². The van der Waals surface area contributed by atoms with Crippen LogP contribution in [0.4, 0.5) is 8.78 Å². The molecule has 0 radical (unpaired) electrons. The molecule has 0 aliphatic carbocycles. The quantitative estimate of drug-likeness (QED) is 0.705. The molecule has 15 heavy (non-hydrogen) atoms. The number of rotatable bonds is 2. The molecule has 0 fully saturated rings.